The van der Waals surface area contributed by atoms with Crippen LogP contribution in [0, 0.1) is 5.92 Å². The lowest BCUT2D eigenvalue weighted by Crippen LogP contribution is -2.48. The van der Waals surface area contributed by atoms with Crippen LogP contribution in [0.5, 0.6) is 0 Å². The van der Waals surface area contributed by atoms with Crippen LogP contribution in [0.25, 0.3) is 11.1 Å². The van der Waals surface area contributed by atoms with Crippen LogP contribution < -0.4 is 5.32 Å². The first-order valence-electron chi connectivity index (χ1n) is 17.5. The minimum absolute atomic E-state index is 0.00693. The van der Waals surface area contributed by atoms with Gasteiger partial charge in [-0.25, -0.2) is 0 Å². The summed E-state index contributed by atoms with van der Waals surface area (Å²) in [6.45, 7) is 8.15. The van der Waals surface area contributed by atoms with E-state index in [1.54, 1.807) is 0 Å². The van der Waals surface area contributed by atoms with Crippen molar-refractivity contribution in [3.8, 4) is 11.1 Å². The summed E-state index contributed by atoms with van der Waals surface area (Å²) in [4.78, 5) is 28.1. The maximum absolute atomic E-state index is 12.0. The molecular weight excluding hydrogens is 606 g/mol. The molecule has 3 heterocycles. The molecule has 5 atom stereocenters. The van der Waals surface area contributed by atoms with Gasteiger partial charge < -0.3 is 29.9 Å². The molecule has 6 rings (SSSR count). The summed E-state index contributed by atoms with van der Waals surface area (Å²) in [5, 5.41) is 21.3. The van der Waals surface area contributed by atoms with Crippen molar-refractivity contribution in [1.29, 1.82) is 0 Å². The fraction of sp³-hybridized carbons (Fsp3) is 0.487. The van der Waals surface area contributed by atoms with Crippen molar-refractivity contribution < 1.29 is 29.3 Å². The van der Waals surface area contributed by atoms with E-state index in [2.05, 4.69) is 58.4 Å². The number of hydrogen-bond donors (Lipinski definition) is 3. The number of carboxylic acids is 1. The monoisotopic (exact) mass is 655 g/mol. The van der Waals surface area contributed by atoms with Crippen LogP contribution in [-0.2, 0) is 32.2 Å². The number of aliphatic hydroxyl groups is 1. The van der Waals surface area contributed by atoms with Crippen LogP contribution in [0.15, 0.2) is 72.8 Å². The van der Waals surface area contributed by atoms with Crippen LogP contribution >= 0.6 is 0 Å². The second-order valence-corrected chi connectivity index (χ2v) is 13.6. The van der Waals surface area contributed by atoms with E-state index in [-0.39, 0.29) is 43.5 Å². The molecule has 0 radical (unpaired) electrons. The van der Waals surface area contributed by atoms with Gasteiger partial charge in [-0.2, -0.15) is 0 Å². The van der Waals surface area contributed by atoms with E-state index in [0.29, 0.717) is 12.6 Å². The molecule has 3 N–H and O–H groups in total. The first-order chi connectivity index (χ1) is 23.4. The Morgan fingerprint density at radius 2 is 1.58 bits per heavy atom. The summed E-state index contributed by atoms with van der Waals surface area (Å²) in [7, 11) is 0. The molecule has 9 nitrogen and oxygen atoms in total. The van der Waals surface area contributed by atoms with Gasteiger partial charge in [-0.3, -0.25) is 14.5 Å². The predicted molar refractivity (Wildman–Crippen MR) is 184 cm³/mol. The third-order valence-corrected chi connectivity index (χ3v) is 10.2. The van der Waals surface area contributed by atoms with Crippen molar-refractivity contribution in [1.82, 2.24) is 15.1 Å². The zero-order valence-electron chi connectivity index (χ0n) is 27.9. The van der Waals surface area contributed by atoms with Gasteiger partial charge in [0.05, 0.1) is 25.2 Å². The summed E-state index contributed by atoms with van der Waals surface area (Å²) in [6.07, 6.45) is 4.20. The van der Waals surface area contributed by atoms with E-state index in [1.165, 1.54) is 38.8 Å². The van der Waals surface area contributed by atoms with Crippen LogP contribution in [0.3, 0.4) is 0 Å². The summed E-state index contributed by atoms with van der Waals surface area (Å²) >= 11 is 0. The number of benzene rings is 3. The first kappa shape index (κ1) is 34.3. The molecule has 48 heavy (non-hydrogen) atoms. The van der Waals surface area contributed by atoms with E-state index < -0.39 is 12.3 Å². The summed E-state index contributed by atoms with van der Waals surface area (Å²) in [6, 6.07) is 25.0. The van der Waals surface area contributed by atoms with E-state index in [1.807, 2.05) is 36.4 Å². The fourth-order valence-corrected chi connectivity index (χ4v) is 7.37. The number of nitrogens with zero attached hydrogens (tertiary/aromatic N) is 2. The minimum Gasteiger partial charge on any atom is -0.481 e. The summed E-state index contributed by atoms with van der Waals surface area (Å²) in [5.74, 6) is -1.12. The third-order valence-electron chi connectivity index (χ3n) is 10.2. The van der Waals surface area contributed by atoms with Crippen LogP contribution in [0.1, 0.15) is 80.1 Å². The van der Waals surface area contributed by atoms with Crippen molar-refractivity contribution >= 4 is 11.9 Å². The third kappa shape index (κ3) is 8.70. The Balaban J connectivity index is 1.17. The summed E-state index contributed by atoms with van der Waals surface area (Å²) in [5.41, 5.74) is 5.94. The van der Waals surface area contributed by atoms with Gasteiger partial charge in [0.2, 0.25) is 5.91 Å². The van der Waals surface area contributed by atoms with Crippen LogP contribution in [0.4, 0.5) is 0 Å². The van der Waals surface area contributed by atoms with Gasteiger partial charge in [-0.15, -0.1) is 0 Å². The molecule has 0 saturated carbocycles. The second kappa shape index (κ2) is 16.2. The molecule has 0 unspecified atom stereocenters. The maximum Gasteiger partial charge on any atom is 0.303 e. The zero-order chi connectivity index (χ0) is 33.5. The molecule has 0 aromatic heterocycles. The van der Waals surface area contributed by atoms with Crippen molar-refractivity contribution in [3.63, 3.8) is 0 Å². The van der Waals surface area contributed by atoms with Crippen LogP contribution in [0.2, 0.25) is 0 Å². The number of likely N-dealkylation sites (tertiary alicyclic amines) is 2. The second-order valence-electron chi connectivity index (χ2n) is 13.6. The SMILES string of the molecule is C[C@H]1[C@@H](CN2CCC[C@H]2CN2CCCC2)O[C@@H](c2ccc(-c3cccc(CNC(=O)CCC(=O)O)c3)cc2)O[C@H]1c1ccc(CO)cc1. The number of amides is 1. The molecule has 0 spiro atoms. The number of ether oxygens (including phenoxy) is 2. The molecule has 256 valence electrons. The Hall–Kier alpha value is -3.60. The van der Waals surface area contributed by atoms with Gasteiger partial charge in [0.15, 0.2) is 6.29 Å². The van der Waals surface area contributed by atoms with Gasteiger partial charge in [-0.05, 0) is 79.2 Å². The molecule has 3 saturated heterocycles. The van der Waals surface area contributed by atoms with Gasteiger partial charge >= 0.3 is 5.97 Å². The van der Waals surface area contributed by atoms with E-state index in [4.69, 9.17) is 14.6 Å². The number of aliphatic carboxylic acids is 1. The standard InChI is InChI=1S/C39H49N3O6/c1-27-35(25-42-21-5-8-34(42)24-41-19-2-3-20-41)47-39(48-38(27)31-11-9-28(26-43)10-12-31)32-15-13-30(14-16-32)33-7-4-6-29(22-33)23-40-36(44)17-18-37(45)46/h4,6-7,9-16,22,27,34-35,38-39,43H,2-3,5,8,17-21,23-26H2,1H3,(H,40,44)(H,45,46)/t27-,34-,35+,38+,39+/m0/s1. The molecule has 3 aromatic carbocycles. The smallest absolute Gasteiger partial charge is 0.303 e. The fourth-order valence-electron chi connectivity index (χ4n) is 7.37. The van der Waals surface area contributed by atoms with Crippen LogP contribution in [-0.4, -0.2) is 76.8 Å². The average molecular weight is 656 g/mol. The maximum atomic E-state index is 12.0. The lowest BCUT2D eigenvalue weighted by molar-refractivity contribution is -0.276. The molecular formula is C39H49N3O6. The topological polar surface area (TPSA) is 112 Å². The van der Waals surface area contributed by atoms with E-state index in [9.17, 15) is 14.7 Å². The Morgan fingerprint density at radius 1 is 0.833 bits per heavy atom. The largest absolute Gasteiger partial charge is 0.481 e. The number of hydrogen-bond acceptors (Lipinski definition) is 7. The van der Waals surface area contributed by atoms with Gasteiger partial charge in [0.1, 0.15) is 0 Å². The van der Waals surface area contributed by atoms with E-state index >= 15 is 0 Å². The molecule has 0 bridgehead atoms. The minimum atomic E-state index is -0.981. The lowest BCUT2D eigenvalue weighted by atomic mass is 9.89. The average Bonchev–Trinajstić information content (AvgIpc) is 3.80. The Morgan fingerprint density at radius 3 is 2.31 bits per heavy atom. The van der Waals surface area contributed by atoms with Crippen molar-refractivity contribution in [2.45, 2.75) is 83.1 Å². The molecule has 3 aliphatic rings. The lowest BCUT2D eigenvalue weighted by Gasteiger charge is -2.43. The number of rotatable bonds is 13. The highest BCUT2D eigenvalue weighted by atomic mass is 16.7. The number of carbonyl (C=O) groups is 2. The Bertz CT molecular complexity index is 1510. The number of carbonyl (C=O) groups excluding carboxylic acids is 1. The highest BCUT2D eigenvalue weighted by Gasteiger charge is 2.40. The first-order valence-corrected chi connectivity index (χ1v) is 17.5. The van der Waals surface area contributed by atoms with Crippen molar-refractivity contribution in [2.24, 2.45) is 5.92 Å². The quantitative estimate of drug-likeness (QED) is 0.216. The summed E-state index contributed by atoms with van der Waals surface area (Å²) < 4.78 is 13.6. The van der Waals surface area contributed by atoms with E-state index in [0.717, 1.165) is 53.0 Å². The highest BCUT2D eigenvalue weighted by molar-refractivity contribution is 5.80. The Labute approximate surface area is 283 Å². The normalized spacial score (nSPS) is 24.9. The number of aliphatic hydroxyl groups excluding tert-OH is 1. The van der Waals surface area contributed by atoms with Crippen molar-refractivity contribution in [2.75, 3.05) is 32.7 Å². The van der Waals surface area contributed by atoms with Gasteiger partial charge in [0, 0.05) is 43.6 Å². The molecule has 0 aliphatic carbocycles. The highest BCUT2D eigenvalue weighted by Crippen LogP contribution is 2.42. The van der Waals surface area contributed by atoms with Gasteiger partial charge in [0.25, 0.3) is 0 Å². The van der Waals surface area contributed by atoms with Gasteiger partial charge in [-0.1, -0.05) is 73.7 Å². The predicted octanol–water partition coefficient (Wildman–Crippen LogP) is 5.68. The molecule has 3 aliphatic heterocycles. The number of nitrogens with one attached hydrogen (secondary N) is 1. The van der Waals surface area contributed by atoms with Crippen molar-refractivity contribution in [3.05, 3.63) is 95.1 Å². The zero-order valence-corrected chi connectivity index (χ0v) is 27.9. The molecule has 1 amide bonds. The number of carboxylic acid groups (broad SMARTS) is 1. The molecule has 9 heteroatoms. The molecule has 3 aromatic rings. The molecule has 3 fully saturated rings. The Kier molecular flexibility index (Phi) is 11.6.